The van der Waals surface area contributed by atoms with Crippen LogP contribution in [0.15, 0.2) is 12.3 Å². The van der Waals surface area contributed by atoms with Crippen molar-refractivity contribution >= 4 is 24.0 Å². The molecule has 0 fully saturated rings. The molecule has 0 aromatic carbocycles. The van der Waals surface area contributed by atoms with E-state index in [9.17, 15) is 0 Å². The van der Waals surface area contributed by atoms with Crippen LogP contribution < -0.4 is 5.73 Å². The van der Waals surface area contributed by atoms with E-state index in [1.54, 1.807) is 6.08 Å². The number of nitrogens with two attached hydrogens (primary N) is 1. The maximum atomic E-state index is 5.13. The van der Waals surface area contributed by atoms with Gasteiger partial charge in [-0.25, -0.2) is 0 Å². The van der Waals surface area contributed by atoms with E-state index in [1.165, 1.54) is 6.20 Å². The summed E-state index contributed by atoms with van der Waals surface area (Å²) in [6.07, 6.45) is 3.09. The Morgan fingerprint density at radius 1 is 1.67 bits per heavy atom. The monoisotopic (exact) mass is 127 g/mol. The quantitative estimate of drug-likeness (QED) is 0.526. The lowest BCUT2D eigenvalue weighted by atomic mass is 10.7. The van der Waals surface area contributed by atoms with Gasteiger partial charge in [0, 0.05) is 5.88 Å². The van der Waals surface area contributed by atoms with Crippen LogP contribution in [0.4, 0.5) is 0 Å². The highest BCUT2D eigenvalue weighted by atomic mass is 35.5. The fourth-order valence-corrected chi connectivity index (χ4v) is 0.154. The lowest BCUT2D eigenvalue weighted by Crippen LogP contribution is -1.74. The number of hydrogen-bond acceptors (Lipinski definition) is 1. The van der Waals surface area contributed by atoms with Gasteiger partial charge < -0.3 is 5.73 Å². The van der Waals surface area contributed by atoms with Crippen molar-refractivity contribution < 1.29 is 0 Å². The lowest BCUT2D eigenvalue weighted by Gasteiger charge is -1.64. The minimum absolute atomic E-state index is 0. The standard InChI is InChI=1S/C3H6ClN.ClH/c4-2-1-3-5;/h1,3H,2,5H2;1H. The molecule has 0 aliphatic carbocycles. The number of allylic oxidation sites excluding steroid dienone is 1. The van der Waals surface area contributed by atoms with E-state index < -0.39 is 0 Å². The van der Waals surface area contributed by atoms with Gasteiger partial charge in [0.05, 0.1) is 0 Å². The van der Waals surface area contributed by atoms with Gasteiger partial charge in [-0.2, -0.15) is 0 Å². The van der Waals surface area contributed by atoms with Gasteiger partial charge in [0.15, 0.2) is 0 Å². The van der Waals surface area contributed by atoms with E-state index in [2.05, 4.69) is 0 Å². The smallest absolute Gasteiger partial charge is 0.0420 e. The molecule has 6 heavy (non-hydrogen) atoms. The van der Waals surface area contributed by atoms with Crippen LogP contribution in [0.5, 0.6) is 0 Å². The van der Waals surface area contributed by atoms with Gasteiger partial charge in [0.25, 0.3) is 0 Å². The third kappa shape index (κ3) is 8.92. The molecule has 0 radical (unpaired) electrons. The summed E-state index contributed by atoms with van der Waals surface area (Å²) in [5.74, 6) is 0.510. The fourth-order valence-electron chi connectivity index (χ4n) is 0.0514. The average Bonchev–Trinajstić information content (AvgIpc) is 1.41. The Bertz CT molecular complexity index is 35.8. The third-order valence-corrected chi connectivity index (χ3v) is 0.403. The largest absolute Gasteiger partial charge is 0.405 e. The molecule has 0 amide bonds. The Kier molecular flexibility index (Phi) is 14.1. The molecule has 0 spiro atoms. The Hall–Kier alpha value is 0.120. The molecule has 38 valence electrons. The second-order valence-electron chi connectivity index (χ2n) is 0.582. The minimum atomic E-state index is 0. The molecule has 1 nitrogen and oxygen atoms in total. The zero-order valence-corrected chi connectivity index (χ0v) is 4.80. The molecule has 0 unspecified atom stereocenters. The Labute approximate surface area is 48.6 Å². The van der Waals surface area contributed by atoms with Crippen LogP contribution in [0.3, 0.4) is 0 Å². The van der Waals surface area contributed by atoms with E-state index in [4.69, 9.17) is 17.3 Å². The number of rotatable bonds is 1. The van der Waals surface area contributed by atoms with E-state index in [0.717, 1.165) is 0 Å². The van der Waals surface area contributed by atoms with Crippen molar-refractivity contribution in [1.29, 1.82) is 0 Å². The van der Waals surface area contributed by atoms with Gasteiger partial charge in [-0.3, -0.25) is 0 Å². The second kappa shape index (κ2) is 8.93. The van der Waals surface area contributed by atoms with Gasteiger partial charge in [-0.15, -0.1) is 24.0 Å². The van der Waals surface area contributed by atoms with Crippen LogP contribution in [0.25, 0.3) is 0 Å². The predicted molar refractivity (Wildman–Crippen MR) is 31.3 cm³/mol. The Morgan fingerprint density at radius 3 is 2.17 bits per heavy atom. The molecular formula is C3H7Cl2N. The Morgan fingerprint density at radius 2 is 2.17 bits per heavy atom. The van der Waals surface area contributed by atoms with Gasteiger partial charge in [0.1, 0.15) is 0 Å². The summed E-state index contributed by atoms with van der Waals surface area (Å²) in [6.45, 7) is 0. The van der Waals surface area contributed by atoms with Crippen LogP contribution in [0.2, 0.25) is 0 Å². The molecule has 0 aliphatic rings. The molecule has 0 rings (SSSR count). The van der Waals surface area contributed by atoms with E-state index in [-0.39, 0.29) is 12.4 Å². The van der Waals surface area contributed by atoms with Gasteiger partial charge >= 0.3 is 0 Å². The summed E-state index contributed by atoms with van der Waals surface area (Å²) >= 11 is 5.13. The van der Waals surface area contributed by atoms with Crippen molar-refractivity contribution in [2.45, 2.75) is 0 Å². The van der Waals surface area contributed by atoms with Crippen LogP contribution in [-0.4, -0.2) is 5.88 Å². The number of halogens is 2. The SMILES string of the molecule is Cl.NC=CCCl. The number of alkyl halides is 1. The maximum absolute atomic E-state index is 5.13. The molecule has 0 bridgehead atoms. The first kappa shape index (κ1) is 9.45. The molecule has 0 aromatic heterocycles. The highest BCUT2D eigenvalue weighted by Crippen LogP contribution is 1.69. The summed E-state index contributed by atoms with van der Waals surface area (Å²) in [5, 5.41) is 0. The molecular weight excluding hydrogens is 121 g/mol. The second-order valence-corrected chi connectivity index (χ2v) is 0.891. The van der Waals surface area contributed by atoms with Crippen LogP contribution in [-0.2, 0) is 0 Å². The molecule has 3 heteroatoms. The predicted octanol–water partition coefficient (Wildman–Crippen LogP) is 1.12. The molecule has 0 saturated carbocycles. The average molecular weight is 128 g/mol. The molecule has 0 aromatic rings. The van der Waals surface area contributed by atoms with E-state index >= 15 is 0 Å². The summed E-state index contributed by atoms with van der Waals surface area (Å²) in [6, 6.07) is 0. The lowest BCUT2D eigenvalue weighted by molar-refractivity contribution is 1.56. The summed E-state index contributed by atoms with van der Waals surface area (Å²) < 4.78 is 0. The summed E-state index contributed by atoms with van der Waals surface area (Å²) in [5.41, 5.74) is 4.87. The molecule has 0 saturated heterocycles. The molecule has 2 N–H and O–H groups in total. The van der Waals surface area contributed by atoms with Crippen LogP contribution in [0, 0.1) is 0 Å². The number of hydrogen-bond donors (Lipinski definition) is 1. The van der Waals surface area contributed by atoms with Crippen LogP contribution in [0.1, 0.15) is 0 Å². The van der Waals surface area contributed by atoms with Gasteiger partial charge in [0.2, 0.25) is 0 Å². The molecule has 0 heterocycles. The van der Waals surface area contributed by atoms with Crippen molar-refractivity contribution in [3.63, 3.8) is 0 Å². The van der Waals surface area contributed by atoms with Crippen molar-refractivity contribution in [1.82, 2.24) is 0 Å². The summed E-state index contributed by atoms with van der Waals surface area (Å²) in [4.78, 5) is 0. The zero-order chi connectivity index (χ0) is 4.12. The Balaban J connectivity index is 0. The van der Waals surface area contributed by atoms with Crippen molar-refractivity contribution in [3.05, 3.63) is 12.3 Å². The minimum Gasteiger partial charge on any atom is -0.405 e. The normalized spacial score (nSPS) is 8.17. The highest BCUT2D eigenvalue weighted by Gasteiger charge is 1.54. The van der Waals surface area contributed by atoms with Crippen LogP contribution >= 0.6 is 24.0 Å². The van der Waals surface area contributed by atoms with Crippen molar-refractivity contribution in [2.75, 3.05) is 5.88 Å². The first-order chi connectivity index (χ1) is 2.41. The van der Waals surface area contributed by atoms with E-state index in [0.29, 0.717) is 5.88 Å². The van der Waals surface area contributed by atoms with Gasteiger partial charge in [-0.1, -0.05) is 6.08 Å². The zero-order valence-electron chi connectivity index (χ0n) is 3.23. The first-order valence-corrected chi connectivity index (χ1v) is 1.88. The first-order valence-electron chi connectivity index (χ1n) is 1.34. The fraction of sp³-hybridized carbons (Fsp3) is 0.333. The molecule has 0 atom stereocenters. The summed E-state index contributed by atoms with van der Waals surface area (Å²) in [7, 11) is 0. The third-order valence-electron chi connectivity index (χ3n) is 0.225. The maximum Gasteiger partial charge on any atom is 0.0420 e. The highest BCUT2D eigenvalue weighted by molar-refractivity contribution is 6.18. The van der Waals surface area contributed by atoms with Crippen molar-refractivity contribution in [3.8, 4) is 0 Å². The van der Waals surface area contributed by atoms with Gasteiger partial charge in [-0.05, 0) is 6.20 Å². The van der Waals surface area contributed by atoms with E-state index in [1.807, 2.05) is 0 Å². The van der Waals surface area contributed by atoms with Crippen molar-refractivity contribution in [2.24, 2.45) is 5.73 Å². The topological polar surface area (TPSA) is 26.0 Å². The molecule has 0 aliphatic heterocycles.